The quantitative estimate of drug-likeness (QED) is 0.611. The van der Waals surface area contributed by atoms with E-state index in [1.165, 1.54) is 7.11 Å². The number of para-hydroxylation sites is 1. The normalized spacial score (nSPS) is 20.0. The van der Waals surface area contributed by atoms with Crippen molar-refractivity contribution >= 4 is 29.2 Å². The average molecular weight is 409 g/mol. The van der Waals surface area contributed by atoms with E-state index in [1.807, 2.05) is 24.3 Å². The molecule has 0 saturated carbocycles. The van der Waals surface area contributed by atoms with Gasteiger partial charge in [0.25, 0.3) is 0 Å². The van der Waals surface area contributed by atoms with Crippen molar-refractivity contribution in [1.82, 2.24) is 0 Å². The fraction of sp³-hybridized carbons (Fsp3) is 0.381. The monoisotopic (exact) mass is 408 g/mol. The minimum atomic E-state index is -0.423. The molecular formula is C21H22Cl2O4. The maximum absolute atomic E-state index is 11.9. The van der Waals surface area contributed by atoms with E-state index in [0.29, 0.717) is 34.6 Å². The molecule has 2 atom stereocenters. The van der Waals surface area contributed by atoms with Gasteiger partial charge in [-0.1, -0.05) is 47.8 Å². The van der Waals surface area contributed by atoms with E-state index >= 15 is 0 Å². The Balaban J connectivity index is 1.79. The second-order valence-corrected chi connectivity index (χ2v) is 7.30. The molecule has 0 radical (unpaired) electrons. The smallest absolute Gasteiger partial charge is 0.341 e. The zero-order valence-electron chi connectivity index (χ0n) is 15.1. The second kappa shape index (κ2) is 9.45. The fourth-order valence-corrected chi connectivity index (χ4v) is 3.64. The van der Waals surface area contributed by atoms with Crippen LogP contribution in [-0.2, 0) is 9.47 Å². The van der Waals surface area contributed by atoms with Crippen molar-refractivity contribution < 1.29 is 19.0 Å². The number of carbonyl (C=O) groups excluding carboxylic acids is 1. The number of rotatable bonds is 5. The van der Waals surface area contributed by atoms with Gasteiger partial charge < -0.3 is 14.2 Å². The summed E-state index contributed by atoms with van der Waals surface area (Å²) in [6, 6.07) is 12.8. The van der Waals surface area contributed by atoms with Gasteiger partial charge in [-0.15, -0.1) is 0 Å². The first-order valence-electron chi connectivity index (χ1n) is 8.97. The summed E-state index contributed by atoms with van der Waals surface area (Å²) < 4.78 is 16.9. The molecule has 0 spiro atoms. The highest BCUT2D eigenvalue weighted by Gasteiger charge is 2.28. The van der Waals surface area contributed by atoms with Gasteiger partial charge in [-0.2, -0.15) is 0 Å². The maximum Gasteiger partial charge on any atom is 0.341 e. The van der Waals surface area contributed by atoms with Crippen LogP contribution in [0, 0.1) is 0 Å². The minimum absolute atomic E-state index is 0.143. The van der Waals surface area contributed by atoms with E-state index in [2.05, 4.69) is 0 Å². The number of carbonyl (C=O) groups is 1. The van der Waals surface area contributed by atoms with Crippen molar-refractivity contribution in [2.75, 3.05) is 20.3 Å². The number of hydrogen-bond acceptors (Lipinski definition) is 4. The highest BCUT2D eigenvalue weighted by atomic mass is 35.5. The Hall–Kier alpha value is -1.75. The van der Waals surface area contributed by atoms with Gasteiger partial charge >= 0.3 is 5.97 Å². The minimum Gasteiger partial charge on any atom is -0.490 e. The number of ether oxygens (including phenoxy) is 3. The van der Waals surface area contributed by atoms with Crippen molar-refractivity contribution in [2.24, 2.45) is 0 Å². The molecule has 0 amide bonds. The van der Waals surface area contributed by atoms with Gasteiger partial charge in [-0.25, -0.2) is 4.79 Å². The average Bonchev–Trinajstić information content (AvgIpc) is 2.93. The molecule has 0 bridgehead atoms. The van der Waals surface area contributed by atoms with E-state index < -0.39 is 5.97 Å². The van der Waals surface area contributed by atoms with E-state index in [0.717, 1.165) is 24.8 Å². The van der Waals surface area contributed by atoms with Crippen molar-refractivity contribution in [3.05, 3.63) is 63.6 Å². The van der Waals surface area contributed by atoms with Gasteiger partial charge in [0, 0.05) is 12.5 Å². The largest absolute Gasteiger partial charge is 0.490 e. The summed E-state index contributed by atoms with van der Waals surface area (Å²) in [6.07, 6.45) is 2.91. The molecule has 1 aliphatic rings. The Morgan fingerprint density at radius 3 is 2.74 bits per heavy atom. The first-order valence-corrected chi connectivity index (χ1v) is 9.72. The molecule has 1 fully saturated rings. The van der Waals surface area contributed by atoms with E-state index in [4.69, 9.17) is 37.4 Å². The predicted octanol–water partition coefficient (Wildman–Crippen LogP) is 5.51. The summed E-state index contributed by atoms with van der Waals surface area (Å²) >= 11 is 12.3. The van der Waals surface area contributed by atoms with Crippen LogP contribution in [0.25, 0.3) is 0 Å². The molecule has 4 nitrogen and oxygen atoms in total. The highest BCUT2D eigenvalue weighted by molar-refractivity contribution is 6.42. The first kappa shape index (κ1) is 20.0. The second-order valence-electron chi connectivity index (χ2n) is 6.48. The number of esters is 1. The Bertz CT molecular complexity index is 794. The van der Waals surface area contributed by atoms with Crippen LogP contribution in [0.1, 0.15) is 41.1 Å². The summed E-state index contributed by atoms with van der Waals surface area (Å²) in [5, 5.41) is 1.07. The van der Waals surface area contributed by atoms with Crippen LogP contribution in [0.5, 0.6) is 5.75 Å². The zero-order chi connectivity index (χ0) is 19.2. The molecule has 1 heterocycles. The van der Waals surface area contributed by atoms with Crippen molar-refractivity contribution in [2.45, 2.75) is 31.3 Å². The number of hydrogen-bond donors (Lipinski definition) is 0. The number of methoxy groups -OCH3 is 1. The van der Waals surface area contributed by atoms with Crippen LogP contribution >= 0.6 is 23.2 Å². The molecule has 0 aromatic heterocycles. The van der Waals surface area contributed by atoms with Crippen LogP contribution in [0.15, 0.2) is 42.5 Å². The predicted molar refractivity (Wildman–Crippen MR) is 106 cm³/mol. The van der Waals surface area contributed by atoms with Gasteiger partial charge in [-0.05, 0) is 42.7 Å². The Kier molecular flexibility index (Phi) is 7.00. The molecule has 2 aromatic carbocycles. The highest BCUT2D eigenvalue weighted by Crippen LogP contribution is 2.34. The van der Waals surface area contributed by atoms with Gasteiger partial charge in [-0.3, -0.25) is 0 Å². The molecule has 27 heavy (non-hydrogen) atoms. The van der Waals surface area contributed by atoms with Gasteiger partial charge in [0.05, 0.1) is 23.3 Å². The molecule has 3 rings (SSSR count). The van der Waals surface area contributed by atoms with Crippen LogP contribution in [0.2, 0.25) is 10.0 Å². The maximum atomic E-state index is 11.9. The molecule has 1 aliphatic heterocycles. The van der Waals surface area contributed by atoms with Gasteiger partial charge in [0.15, 0.2) is 0 Å². The van der Waals surface area contributed by atoms with Crippen molar-refractivity contribution in [3.63, 3.8) is 0 Å². The summed E-state index contributed by atoms with van der Waals surface area (Å²) in [6.45, 7) is 1.02. The van der Waals surface area contributed by atoms with Crippen LogP contribution in [0.3, 0.4) is 0 Å². The number of halogens is 2. The van der Waals surface area contributed by atoms with Gasteiger partial charge in [0.2, 0.25) is 0 Å². The van der Waals surface area contributed by atoms with E-state index in [9.17, 15) is 4.79 Å². The van der Waals surface area contributed by atoms with Crippen LogP contribution in [0.4, 0.5) is 0 Å². The standard InChI is InChI=1S/C21H22Cl2O4/c1-25-21(24)16-7-2-3-8-19(16)27-13-20-15(6-4-5-11-26-20)14-9-10-17(22)18(23)12-14/h2-3,7-10,12,15,20H,4-6,11,13H2,1H3/t15-,20-/m0/s1. The topological polar surface area (TPSA) is 44.8 Å². The Labute approximate surface area is 169 Å². The molecule has 1 saturated heterocycles. The third kappa shape index (κ3) is 4.95. The lowest BCUT2D eigenvalue weighted by molar-refractivity contribution is 0.0125. The summed E-state index contributed by atoms with van der Waals surface area (Å²) in [5.41, 5.74) is 1.49. The van der Waals surface area contributed by atoms with E-state index in [-0.39, 0.29) is 12.0 Å². The molecular weight excluding hydrogens is 387 g/mol. The van der Waals surface area contributed by atoms with Crippen molar-refractivity contribution in [3.8, 4) is 5.75 Å². The van der Waals surface area contributed by atoms with Gasteiger partial charge in [0.1, 0.15) is 17.9 Å². The molecule has 0 unspecified atom stereocenters. The summed E-state index contributed by atoms with van der Waals surface area (Å²) in [7, 11) is 1.35. The van der Waals surface area contributed by atoms with Crippen LogP contribution in [-0.4, -0.2) is 32.4 Å². The lowest BCUT2D eigenvalue weighted by Crippen LogP contribution is -2.28. The molecule has 6 heteroatoms. The zero-order valence-corrected chi connectivity index (χ0v) is 16.6. The Morgan fingerprint density at radius 2 is 1.96 bits per heavy atom. The lowest BCUT2D eigenvalue weighted by atomic mass is 9.89. The van der Waals surface area contributed by atoms with E-state index in [1.54, 1.807) is 18.2 Å². The molecule has 0 N–H and O–H groups in total. The lowest BCUT2D eigenvalue weighted by Gasteiger charge is -2.26. The molecule has 2 aromatic rings. The third-order valence-corrected chi connectivity index (χ3v) is 5.50. The third-order valence-electron chi connectivity index (χ3n) is 4.76. The van der Waals surface area contributed by atoms with Crippen LogP contribution < -0.4 is 4.74 Å². The Morgan fingerprint density at radius 1 is 1.15 bits per heavy atom. The number of benzene rings is 2. The summed E-state index contributed by atoms with van der Waals surface area (Å²) in [4.78, 5) is 11.9. The fourth-order valence-electron chi connectivity index (χ4n) is 3.33. The SMILES string of the molecule is COC(=O)c1ccccc1OC[C@@H]1OCCCC[C@H]1c1ccc(Cl)c(Cl)c1. The molecule has 144 valence electrons. The molecule has 0 aliphatic carbocycles. The summed E-state index contributed by atoms with van der Waals surface area (Å²) in [5.74, 6) is 0.214. The van der Waals surface area contributed by atoms with Crippen molar-refractivity contribution in [1.29, 1.82) is 0 Å². The first-order chi connectivity index (χ1) is 13.1.